The molecule has 0 fully saturated rings. The molecule has 0 N–H and O–H groups in total. The van der Waals surface area contributed by atoms with Crippen molar-refractivity contribution in [2.75, 3.05) is 13.1 Å². The topological polar surface area (TPSA) is 12.5 Å². The average molecular weight is 155 g/mol. The van der Waals surface area contributed by atoms with Gasteiger partial charge in [0.25, 0.3) is 0 Å². The summed E-state index contributed by atoms with van der Waals surface area (Å²) in [4.78, 5) is 5.11. The van der Waals surface area contributed by atoms with Gasteiger partial charge in [-0.1, -0.05) is 12.8 Å². The van der Waals surface area contributed by atoms with Gasteiger partial charge in [0.2, 0.25) is 0 Å². The minimum absolute atomic E-state index is 0.886. The second-order valence-corrected chi connectivity index (χ2v) is 2.23. The van der Waals surface area contributed by atoms with Crippen LogP contribution in [0.15, 0.2) is 0 Å². The molecule has 0 unspecified atom stereocenters. The maximum atomic E-state index is 5.11. The van der Waals surface area contributed by atoms with Crippen LogP contribution in [0.5, 0.6) is 0 Å². The molecule has 0 aliphatic heterocycles. The van der Waals surface area contributed by atoms with Crippen molar-refractivity contribution >= 4 is 0 Å². The summed E-state index contributed by atoms with van der Waals surface area (Å²) in [5.41, 5.74) is 0. The maximum Gasteiger partial charge on any atom is 0.138 e. The molecule has 0 aromatic heterocycles. The maximum absolute atomic E-state index is 5.11. The Morgan fingerprint density at radius 3 is 2.27 bits per heavy atom. The summed E-state index contributed by atoms with van der Waals surface area (Å²) in [6.45, 7) is 7.97. The monoisotopic (exact) mass is 155 g/mol. The first kappa shape index (κ1) is 10.3. The molecular weight excluding hydrogens is 138 g/mol. The molecule has 0 rings (SSSR count). The van der Waals surface area contributed by atoms with Crippen LogP contribution in [-0.2, 0) is 4.84 Å². The smallest absolute Gasteiger partial charge is 0.138 e. The average Bonchev–Trinajstić information content (AvgIpc) is 2.05. The van der Waals surface area contributed by atoms with Gasteiger partial charge in [-0.25, -0.2) is 0 Å². The van der Waals surface area contributed by atoms with Gasteiger partial charge >= 0.3 is 0 Å². The summed E-state index contributed by atoms with van der Waals surface area (Å²) in [5, 5.41) is 1.82. The molecule has 0 saturated heterocycles. The molecule has 0 amide bonds. The predicted molar refractivity (Wildman–Crippen MR) is 46.7 cm³/mol. The SMILES string of the molecule is CCCC#CON(CC)CC. The van der Waals surface area contributed by atoms with Gasteiger partial charge in [0.1, 0.15) is 6.11 Å². The summed E-state index contributed by atoms with van der Waals surface area (Å²) in [6.07, 6.45) is 4.67. The van der Waals surface area contributed by atoms with Crippen LogP contribution in [0.3, 0.4) is 0 Å². The molecule has 0 radical (unpaired) electrons. The number of hydroxylamine groups is 2. The molecule has 0 bridgehead atoms. The van der Waals surface area contributed by atoms with E-state index in [1.54, 1.807) is 0 Å². The summed E-state index contributed by atoms with van der Waals surface area (Å²) in [6, 6.07) is 0. The molecular formula is C9H17NO. The van der Waals surface area contributed by atoms with Gasteiger partial charge in [-0.2, -0.15) is 0 Å². The summed E-state index contributed by atoms with van der Waals surface area (Å²) < 4.78 is 0. The molecule has 0 saturated carbocycles. The van der Waals surface area contributed by atoms with E-state index in [9.17, 15) is 0 Å². The highest BCUT2D eigenvalue weighted by Crippen LogP contribution is 1.87. The molecule has 11 heavy (non-hydrogen) atoms. The second kappa shape index (κ2) is 7.43. The van der Waals surface area contributed by atoms with Crippen LogP contribution in [0.4, 0.5) is 0 Å². The predicted octanol–water partition coefficient (Wildman–Crippen LogP) is 2.02. The van der Waals surface area contributed by atoms with Crippen LogP contribution in [-0.4, -0.2) is 18.2 Å². The lowest BCUT2D eigenvalue weighted by Gasteiger charge is -2.12. The zero-order chi connectivity index (χ0) is 8.53. The second-order valence-electron chi connectivity index (χ2n) is 2.23. The number of hydrogen-bond donors (Lipinski definition) is 0. The molecule has 0 aliphatic rings. The quantitative estimate of drug-likeness (QED) is 0.455. The van der Waals surface area contributed by atoms with Crippen molar-refractivity contribution in [2.24, 2.45) is 0 Å². The van der Waals surface area contributed by atoms with Crippen LogP contribution >= 0.6 is 0 Å². The highest BCUT2D eigenvalue weighted by atomic mass is 16.7. The van der Waals surface area contributed by atoms with Gasteiger partial charge in [0.05, 0.1) is 0 Å². The van der Waals surface area contributed by atoms with Crippen LogP contribution in [0, 0.1) is 12.0 Å². The van der Waals surface area contributed by atoms with Crippen molar-refractivity contribution in [3.63, 3.8) is 0 Å². The standard InChI is InChI=1S/C9H17NO/c1-4-7-8-9-11-10(5-2)6-3/h4-7H2,1-3H3. The van der Waals surface area contributed by atoms with Crippen LogP contribution in [0.25, 0.3) is 0 Å². The van der Waals surface area contributed by atoms with Crippen molar-refractivity contribution in [3.8, 4) is 12.0 Å². The third kappa shape index (κ3) is 5.75. The molecule has 0 heterocycles. The Hall–Kier alpha value is -0.680. The van der Waals surface area contributed by atoms with Crippen molar-refractivity contribution in [1.29, 1.82) is 0 Å². The van der Waals surface area contributed by atoms with Crippen LogP contribution in [0.2, 0.25) is 0 Å². The molecule has 64 valence electrons. The van der Waals surface area contributed by atoms with Gasteiger partial charge in [0, 0.05) is 19.5 Å². The van der Waals surface area contributed by atoms with Crippen molar-refractivity contribution < 1.29 is 4.84 Å². The van der Waals surface area contributed by atoms with Crippen molar-refractivity contribution in [1.82, 2.24) is 5.06 Å². The summed E-state index contributed by atoms with van der Waals surface area (Å²) in [5.74, 6) is 2.92. The van der Waals surface area contributed by atoms with E-state index in [1.807, 2.05) is 18.9 Å². The van der Waals surface area contributed by atoms with Gasteiger partial charge in [-0.15, -0.1) is 5.06 Å². The highest BCUT2D eigenvalue weighted by molar-refractivity contribution is 4.90. The normalized spacial score (nSPS) is 9.09. The Kier molecular flexibility index (Phi) is 6.97. The van der Waals surface area contributed by atoms with Crippen molar-refractivity contribution in [3.05, 3.63) is 0 Å². The zero-order valence-electron chi connectivity index (χ0n) is 7.68. The Morgan fingerprint density at radius 1 is 1.18 bits per heavy atom. The molecule has 0 spiro atoms. The lowest BCUT2D eigenvalue weighted by atomic mass is 10.4. The Balaban J connectivity index is 3.43. The van der Waals surface area contributed by atoms with Gasteiger partial charge in [-0.3, -0.25) is 0 Å². The third-order valence-corrected chi connectivity index (χ3v) is 1.33. The fourth-order valence-corrected chi connectivity index (χ4v) is 0.626. The fourth-order valence-electron chi connectivity index (χ4n) is 0.626. The van der Waals surface area contributed by atoms with E-state index in [4.69, 9.17) is 4.84 Å². The summed E-state index contributed by atoms with van der Waals surface area (Å²) >= 11 is 0. The number of rotatable bonds is 4. The Labute approximate surface area is 69.5 Å². The Morgan fingerprint density at radius 2 is 1.82 bits per heavy atom. The molecule has 0 atom stereocenters. The number of unbranched alkanes of at least 4 members (excludes halogenated alkanes) is 1. The third-order valence-electron chi connectivity index (χ3n) is 1.33. The number of hydrogen-bond acceptors (Lipinski definition) is 2. The van der Waals surface area contributed by atoms with Gasteiger partial charge in [0.15, 0.2) is 0 Å². The molecule has 0 aliphatic carbocycles. The van der Waals surface area contributed by atoms with E-state index in [2.05, 4.69) is 19.0 Å². The van der Waals surface area contributed by atoms with E-state index >= 15 is 0 Å². The first-order chi connectivity index (χ1) is 5.35. The van der Waals surface area contributed by atoms with Crippen molar-refractivity contribution in [2.45, 2.75) is 33.6 Å². The van der Waals surface area contributed by atoms with Crippen LogP contribution < -0.4 is 0 Å². The highest BCUT2D eigenvalue weighted by Gasteiger charge is 1.93. The molecule has 2 heteroatoms. The Bertz CT molecular complexity index is 130. The number of nitrogens with zero attached hydrogens (tertiary/aromatic N) is 1. The first-order valence-corrected chi connectivity index (χ1v) is 4.24. The van der Waals surface area contributed by atoms with E-state index < -0.39 is 0 Å². The van der Waals surface area contributed by atoms with Gasteiger partial charge in [-0.05, 0) is 20.3 Å². The van der Waals surface area contributed by atoms with E-state index in [0.29, 0.717) is 0 Å². The molecule has 0 aromatic carbocycles. The van der Waals surface area contributed by atoms with E-state index in [0.717, 1.165) is 25.9 Å². The van der Waals surface area contributed by atoms with Crippen LogP contribution in [0.1, 0.15) is 33.6 Å². The molecule has 2 nitrogen and oxygen atoms in total. The lowest BCUT2D eigenvalue weighted by Crippen LogP contribution is -2.20. The first-order valence-electron chi connectivity index (χ1n) is 4.24. The van der Waals surface area contributed by atoms with E-state index in [-0.39, 0.29) is 0 Å². The minimum Gasteiger partial charge on any atom is -0.353 e. The van der Waals surface area contributed by atoms with Gasteiger partial charge < -0.3 is 4.84 Å². The molecule has 0 aromatic rings. The minimum atomic E-state index is 0.886. The zero-order valence-corrected chi connectivity index (χ0v) is 7.68. The fraction of sp³-hybridized carbons (Fsp3) is 0.778. The van der Waals surface area contributed by atoms with E-state index in [1.165, 1.54) is 0 Å². The summed E-state index contributed by atoms with van der Waals surface area (Å²) in [7, 11) is 0. The largest absolute Gasteiger partial charge is 0.353 e. The lowest BCUT2D eigenvalue weighted by molar-refractivity contribution is -0.0797.